The standard InChI is InChI=1S/C8H17NO3S/c1-12-6-5-9-7-8(3-4-8)13(2,10)11/h9H,3-7H2,1-2H3. The molecular weight excluding hydrogens is 190 g/mol. The highest BCUT2D eigenvalue weighted by Crippen LogP contribution is 2.42. The van der Waals surface area contributed by atoms with Crippen LogP contribution in [0.1, 0.15) is 12.8 Å². The first-order valence-corrected chi connectivity index (χ1v) is 6.30. The van der Waals surface area contributed by atoms with Crippen LogP contribution in [0.3, 0.4) is 0 Å². The van der Waals surface area contributed by atoms with Gasteiger partial charge >= 0.3 is 0 Å². The Kier molecular flexibility index (Phi) is 3.32. The zero-order chi connectivity index (χ0) is 9.95. The van der Waals surface area contributed by atoms with Crippen LogP contribution < -0.4 is 5.32 Å². The second kappa shape index (κ2) is 3.94. The maximum atomic E-state index is 11.3. The summed E-state index contributed by atoms with van der Waals surface area (Å²) >= 11 is 0. The van der Waals surface area contributed by atoms with E-state index in [1.165, 1.54) is 6.26 Å². The molecule has 1 rings (SSSR count). The van der Waals surface area contributed by atoms with Crippen molar-refractivity contribution in [3.05, 3.63) is 0 Å². The predicted molar refractivity (Wildman–Crippen MR) is 51.6 cm³/mol. The van der Waals surface area contributed by atoms with E-state index in [2.05, 4.69) is 5.32 Å². The summed E-state index contributed by atoms with van der Waals surface area (Å²) in [5.74, 6) is 0. The van der Waals surface area contributed by atoms with Gasteiger partial charge in [0.2, 0.25) is 0 Å². The molecule has 0 amide bonds. The van der Waals surface area contributed by atoms with Gasteiger partial charge in [-0.1, -0.05) is 0 Å². The Bertz CT molecular complexity index is 257. The average Bonchev–Trinajstić information content (AvgIpc) is 2.77. The van der Waals surface area contributed by atoms with Crippen LogP contribution in [-0.2, 0) is 14.6 Å². The van der Waals surface area contributed by atoms with Crippen LogP contribution in [0.5, 0.6) is 0 Å². The van der Waals surface area contributed by atoms with Crippen molar-refractivity contribution >= 4 is 9.84 Å². The largest absolute Gasteiger partial charge is 0.383 e. The van der Waals surface area contributed by atoms with Gasteiger partial charge in [-0.3, -0.25) is 0 Å². The molecule has 78 valence electrons. The molecule has 0 atom stereocenters. The van der Waals surface area contributed by atoms with E-state index in [1.54, 1.807) is 7.11 Å². The molecule has 0 unspecified atom stereocenters. The van der Waals surface area contributed by atoms with Gasteiger partial charge in [0.1, 0.15) is 0 Å². The summed E-state index contributed by atoms with van der Waals surface area (Å²) in [7, 11) is -1.25. The van der Waals surface area contributed by atoms with Gasteiger partial charge in [-0.25, -0.2) is 8.42 Å². The number of ether oxygens (including phenoxy) is 1. The van der Waals surface area contributed by atoms with Crippen molar-refractivity contribution in [2.75, 3.05) is 33.1 Å². The third kappa shape index (κ3) is 2.65. The van der Waals surface area contributed by atoms with Crippen LogP contribution in [0.2, 0.25) is 0 Å². The number of hydrogen-bond acceptors (Lipinski definition) is 4. The van der Waals surface area contributed by atoms with Crippen LogP contribution in [-0.4, -0.2) is 46.2 Å². The van der Waals surface area contributed by atoms with E-state index in [0.717, 1.165) is 12.8 Å². The summed E-state index contributed by atoms with van der Waals surface area (Å²) in [6.45, 7) is 1.91. The number of rotatable bonds is 6. The van der Waals surface area contributed by atoms with Crippen LogP contribution in [0.4, 0.5) is 0 Å². The highest BCUT2D eigenvalue weighted by Gasteiger charge is 2.51. The number of methoxy groups -OCH3 is 1. The van der Waals surface area contributed by atoms with Gasteiger partial charge in [-0.05, 0) is 12.8 Å². The van der Waals surface area contributed by atoms with Crippen LogP contribution in [0.15, 0.2) is 0 Å². The number of sulfone groups is 1. The molecule has 0 aromatic rings. The quantitative estimate of drug-likeness (QED) is 0.613. The van der Waals surface area contributed by atoms with Crippen molar-refractivity contribution < 1.29 is 13.2 Å². The van der Waals surface area contributed by atoms with Crippen molar-refractivity contribution in [3.8, 4) is 0 Å². The van der Waals surface area contributed by atoms with E-state index in [1.807, 2.05) is 0 Å². The van der Waals surface area contributed by atoms with Crippen LogP contribution in [0, 0.1) is 0 Å². The summed E-state index contributed by atoms with van der Waals surface area (Å²) in [6, 6.07) is 0. The SMILES string of the molecule is COCCNCC1(S(C)(=O)=O)CC1. The lowest BCUT2D eigenvalue weighted by Crippen LogP contribution is -2.36. The third-order valence-corrected chi connectivity index (χ3v) is 4.65. The molecule has 0 spiro atoms. The lowest BCUT2D eigenvalue weighted by atomic mass is 10.4. The van der Waals surface area contributed by atoms with Gasteiger partial charge in [0.15, 0.2) is 9.84 Å². The summed E-state index contributed by atoms with van der Waals surface area (Å²) in [5, 5.41) is 3.09. The fraction of sp³-hybridized carbons (Fsp3) is 1.00. The fourth-order valence-corrected chi connectivity index (χ4v) is 2.52. The molecule has 5 heteroatoms. The summed E-state index contributed by atoms with van der Waals surface area (Å²) < 4.78 is 27.0. The molecule has 4 nitrogen and oxygen atoms in total. The van der Waals surface area contributed by atoms with Gasteiger partial charge < -0.3 is 10.1 Å². The van der Waals surface area contributed by atoms with E-state index in [9.17, 15) is 8.42 Å². The fourth-order valence-electron chi connectivity index (χ4n) is 1.31. The third-order valence-electron chi connectivity index (χ3n) is 2.52. The Hall–Kier alpha value is -0.130. The zero-order valence-electron chi connectivity index (χ0n) is 8.17. The molecule has 0 aromatic carbocycles. The van der Waals surface area contributed by atoms with E-state index >= 15 is 0 Å². The Morgan fingerprint density at radius 1 is 1.46 bits per heavy atom. The molecule has 1 aliphatic carbocycles. The molecule has 1 saturated carbocycles. The average molecular weight is 207 g/mol. The van der Waals surface area contributed by atoms with Crippen molar-refractivity contribution in [1.82, 2.24) is 5.32 Å². The first-order valence-electron chi connectivity index (χ1n) is 4.41. The maximum absolute atomic E-state index is 11.3. The molecule has 0 aromatic heterocycles. The molecule has 1 aliphatic rings. The summed E-state index contributed by atoms with van der Waals surface area (Å²) in [6.07, 6.45) is 2.91. The lowest BCUT2D eigenvalue weighted by Gasteiger charge is -2.13. The molecular formula is C8H17NO3S. The van der Waals surface area contributed by atoms with E-state index in [-0.39, 0.29) is 0 Å². The summed E-state index contributed by atoms with van der Waals surface area (Å²) in [5.41, 5.74) is 0. The van der Waals surface area contributed by atoms with E-state index < -0.39 is 14.6 Å². The normalized spacial score (nSPS) is 20.2. The van der Waals surface area contributed by atoms with Gasteiger partial charge in [0.05, 0.1) is 11.4 Å². The molecule has 0 radical (unpaired) electrons. The second-order valence-electron chi connectivity index (χ2n) is 3.62. The van der Waals surface area contributed by atoms with E-state index in [0.29, 0.717) is 19.7 Å². The number of nitrogens with one attached hydrogen (secondary N) is 1. The predicted octanol–water partition coefficient (Wildman–Crippen LogP) is -0.200. The lowest BCUT2D eigenvalue weighted by molar-refractivity contribution is 0.199. The highest BCUT2D eigenvalue weighted by atomic mass is 32.2. The van der Waals surface area contributed by atoms with Crippen LogP contribution in [0.25, 0.3) is 0 Å². The van der Waals surface area contributed by atoms with Crippen LogP contribution >= 0.6 is 0 Å². The maximum Gasteiger partial charge on any atom is 0.154 e. The van der Waals surface area contributed by atoms with E-state index in [4.69, 9.17) is 4.74 Å². The summed E-state index contributed by atoms with van der Waals surface area (Å²) in [4.78, 5) is 0. The number of hydrogen-bond donors (Lipinski definition) is 1. The Balaban J connectivity index is 2.29. The second-order valence-corrected chi connectivity index (χ2v) is 6.04. The highest BCUT2D eigenvalue weighted by molar-refractivity contribution is 7.92. The van der Waals surface area contributed by atoms with Gasteiger partial charge in [-0.2, -0.15) is 0 Å². The van der Waals surface area contributed by atoms with Gasteiger partial charge in [0, 0.05) is 26.5 Å². The Morgan fingerprint density at radius 2 is 2.08 bits per heavy atom. The molecule has 1 N–H and O–H groups in total. The Labute approximate surface area is 79.6 Å². The van der Waals surface area contributed by atoms with Gasteiger partial charge in [-0.15, -0.1) is 0 Å². The minimum absolute atomic E-state index is 0.458. The molecule has 0 bridgehead atoms. The van der Waals surface area contributed by atoms with Gasteiger partial charge in [0.25, 0.3) is 0 Å². The minimum Gasteiger partial charge on any atom is -0.383 e. The minimum atomic E-state index is -2.88. The van der Waals surface area contributed by atoms with Crippen molar-refractivity contribution in [1.29, 1.82) is 0 Å². The van der Waals surface area contributed by atoms with Crippen molar-refractivity contribution in [3.63, 3.8) is 0 Å². The monoisotopic (exact) mass is 207 g/mol. The topological polar surface area (TPSA) is 55.4 Å². The molecule has 13 heavy (non-hydrogen) atoms. The molecule has 0 heterocycles. The first kappa shape index (κ1) is 10.9. The Morgan fingerprint density at radius 3 is 2.46 bits per heavy atom. The van der Waals surface area contributed by atoms with Crippen molar-refractivity contribution in [2.24, 2.45) is 0 Å². The molecule has 0 saturated heterocycles. The first-order chi connectivity index (χ1) is 6.02. The molecule has 1 fully saturated rings. The molecule has 0 aliphatic heterocycles. The zero-order valence-corrected chi connectivity index (χ0v) is 8.99. The smallest absolute Gasteiger partial charge is 0.154 e. The van der Waals surface area contributed by atoms with Crippen molar-refractivity contribution in [2.45, 2.75) is 17.6 Å².